The maximum atomic E-state index is 2.33. The van der Waals surface area contributed by atoms with E-state index < -0.39 is 0 Å². The first-order chi connectivity index (χ1) is 58.0. The minimum Gasteiger partial charge on any atom is -0.0654 e. The summed E-state index contributed by atoms with van der Waals surface area (Å²) in [5.74, 6) is 0. The highest BCUT2D eigenvalue weighted by Gasteiger charge is 2.35. The van der Waals surface area contributed by atoms with Gasteiger partial charge in [-0.05, 0) is 268 Å². The molecule has 5 heteroatoms. The Kier molecular flexibility index (Phi) is 33.7. The van der Waals surface area contributed by atoms with Crippen LogP contribution < -0.4 is 0 Å². The smallest absolute Gasteiger partial charge is 0.0654 e. The predicted molar refractivity (Wildman–Crippen MR) is 524 cm³/mol. The highest BCUT2D eigenvalue weighted by atomic mass is 32.2. The van der Waals surface area contributed by atoms with Crippen LogP contribution in [0.4, 0.5) is 0 Å². The van der Waals surface area contributed by atoms with Gasteiger partial charge in [0.25, 0.3) is 0 Å². The molecule has 0 aliphatic heterocycles. The predicted octanol–water partition coefficient (Wildman–Crippen LogP) is 32.0. The van der Waals surface area contributed by atoms with Gasteiger partial charge in [0.15, 0.2) is 73.4 Å². The molecule has 0 heterocycles. The third kappa shape index (κ3) is 26.3. The quantitative estimate of drug-likeness (QED) is 0.0629. The monoisotopic (exact) mass is 1670 g/mol. The second kappa shape index (κ2) is 44.5. The van der Waals surface area contributed by atoms with Crippen molar-refractivity contribution in [1.82, 2.24) is 0 Å². The highest BCUT2D eigenvalue weighted by Crippen LogP contribution is 2.40. The van der Waals surface area contributed by atoms with E-state index in [0.29, 0.717) is 0 Å². The normalized spacial score (nSPS) is 11.5. The maximum Gasteiger partial charge on any atom is 0.166 e. The fourth-order valence-corrected chi connectivity index (χ4v) is 24.3. The molecule has 610 valence electrons. The van der Waals surface area contributed by atoms with Gasteiger partial charge < -0.3 is 0 Å². The molecule has 0 spiro atoms. The molecule has 15 aromatic carbocycles. The Hall–Kier alpha value is -9.95. The van der Waals surface area contributed by atoms with E-state index in [0.717, 1.165) is 12.8 Å². The number of aryl methyl sites for hydroxylation is 3. The van der Waals surface area contributed by atoms with Gasteiger partial charge in [0.2, 0.25) is 0 Å². The van der Waals surface area contributed by atoms with Crippen molar-refractivity contribution in [3.05, 3.63) is 451 Å². The van der Waals surface area contributed by atoms with Crippen LogP contribution in [0.3, 0.4) is 0 Å². The summed E-state index contributed by atoms with van der Waals surface area (Å²) in [4.78, 5) is 20.6. The molecule has 0 atom stereocenters. The van der Waals surface area contributed by atoms with Crippen LogP contribution in [0, 0.1) is 0 Å². The largest absolute Gasteiger partial charge is 0.166 e. The minimum atomic E-state index is -0.120. The van der Waals surface area contributed by atoms with Gasteiger partial charge in [0.1, 0.15) is 0 Å². The van der Waals surface area contributed by atoms with Crippen molar-refractivity contribution in [2.75, 3.05) is 0 Å². The van der Waals surface area contributed by atoms with E-state index in [1.54, 1.807) is 0 Å². The van der Waals surface area contributed by atoms with Crippen LogP contribution >= 0.6 is 0 Å². The van der Waals surface area contributed by atoms with E-state index in [1.807, 2.05) is 0 Å². The molecular formula is C115H125S5+5. The first-order valence-corrected chi connectivity index (χ1v) is 48.9. The van der Waals surface area contributed by atoms with E-state index >= 15 is 0 Å². The average molecular weight is 1670 g/mol. The number of hydrogen-bond acceptors (Lipinski definition) is 0. The first-order valence-electron chi connectivity index (χ1n) is 42.8. The van der Waals surface area contributed by atoms with E-state index in [2.05, 4.69) is 516 Å². The Bertz CT molecular complexity index is 5100. The van der Waals surface area contributed by atoms with Crippen molar-refractivity contribution in [3.8, 4) is 0 Å². The number of unbranched alkanes of at least 4 members (excludes halogenated alkanes) is 1. The topological polar surface area (TPSA) is 0 Å². The van der Waals surface area contributed by atoms with Crippen LogP contribution in [0.2, 0.25) is 0 Å². The van der Waals surface area contributed by atoms with Crippen LogP contribution in [-0.4, -0.2) is 0 Å². The lowest BCUT2D eigenvalue weighted by Crippen LogP contribution is -2.13. The Balaban J connectivity index is 0.000000148. The van der Waals surface area contributed by atoms with Crippen LogP contribution in [-0.2, 0) is 95.4 Å². The minimum absolute atomic E-state index is 0.0249. The molecular weight excluding hydrogens is 1540 g/mol. The molecule has 0 nitrogen and oxygen atoms in total. The molecule has 15 aromatic rings. The van der Waals surface area contributed by atoms with Gasteiger partial charge in [-0.3, -0.25) is 0 Å². The zero-order valence-corrected chi connectivity index (χ0v) is 77.6. The number of benzene rings is 15. The molecule has 0 saturated heterocycles. The summed E-state index contributed by atoms with van der Waals surface area (Å²) in [7, 11) is -0.250. The second-order valence-electron chi connectivity index (χ2n) is 34.3. The summed E-state index contributed by atoms with van der Waals surface area (Å²) in [5.41, 5.74) is 10.5. The zero-order valence-electron chi connectivity index (χ0n) is 73.5. The molecule has 15 rings (SSSR count). The Morgan fingerprint density at radius 2 is 0.308 bits per heavy atom. The molecule has 0 aromatic heterocycles. The van der Waals surface area contributed by atoms with E-state index in [9.17, 15) is 0 Å². The second-order valence-corrected chi connectivity index (χ2v) is 44.4. The third-order valence-corrected chi connectivity index (χ3v) is 32.1. The summed E-state index contributed by atoms with van der Waals surface area (Å²) in [6, 6.07) is 151. The van der Waals surface area contributed by atoms with Crippen molar-refractivity contribution < 1.29 is 0 Å². The summed E-state index contributed by atoms with van der Waals surface area (Å²) < 4.78 is 0. The standard InChI is InChI=1S/C30H39S.2C22H23S.C21H21S.C20H19S/c1-28(2,3)22-10-16-25(17-11-22)31(26-18-12-23(13-19-26)29(4,5)6)27-20-14-24(15-21-27)30(7,8)9;1-22(2,3)18-14-16-21(17-15-18)23(19-10-6-4-7-11-19)20-12-8-5-9-13-20;1-2-3-10-19-15-17-22(18-16-19)23(20-11-6-4-7-12-20)21-13-8-5-9-14-21;1-2-9-18-14-16-21(17-15-18)22(19-10-5-3-6-11-19)20-12-7-4-8-13-20;1-2-17-13-15-20(16-14-17)21(18-9-5-3-6-10-18)19-11-7-4-8-12-19/h10-21H,1-9H3;4-17H,1-3H3;4-9,11-18H,2-3,10H2,1H3;3-8,10-17H,2,9H2,1H3;3-16H,2H2,1H3/q5*+1. The van der Waals surface area contributed by atoms with Gasteiger partial charge in [0.05, 0.1) is 54.5 Å². The van der Waals surface area contributed by atoms with E-state index in [4.69, 9.17) is 0 Å². The molecule has 0 radical (unpaired) electrons. The SMILES string of the molecule is CC(C)(C)c1ccc([S+](c2ccc(C(C)(C)C)cc2)c2ccc(C(C)(C)C)cc2)cc1.CC(C)(C)c1ccc([S+](c2ccccc2)c2ccccc2)cc1.CCCCc1ccc([S+](c2ccccc2)c2ccccc2)cc1.CCCc1ccc([S+](c2ccccc2)c2ccccc2)cc1.CCc1ccc([S+](c2ccccc2)c2ccccc2)cc1. The molecule has 0 bridgehead atoms. The Morgan fingerprint density at radius 3 is 0.458 bits per heavy atom. The van der Waals surface area contributed by atoms with Crippen LogP contribution in [0.1, 0.15) is 162 Å². The van der Waals surface area contributed by atoms with Crippen molar-refractivity contribution >= 4 is 54.5 Å². The molecule has 0 fully saturated rings. The van der Waals surface area contributed by atoms with Gasteiger partial charge in [-0.15, -0.1) is 0 Å². The molecule has 0 amide bonds. The third-order valence-electron chi connectivity index (χ3n) is 20.9. The lowest BCUT2D eigenvalue weighted by molar-refractivity contribution is 0.589. The van der Waals surface area contributed by atoms with Gasteiger partial charge in [-0.25, -0.2) is 0 Å². The molecule has 0 N–H and O–H groups in total. The van der Waals surface area contributed by atoms with Crippen molar-refractivity contribution in [2.45, 2.75) is 237 Å². The van der Waals surface area contributed by atoms with Crippen molar-refractivity contribution in [2.24, 2.45) is 0 Å². The molecule has 0 aliphatic carbocycles. The number of hydrogen-bond donors (Lipinski definition) is 0. The number of rotatable bonds is 21. The van der Waals surface area contributed by atoms with E-state index in [-0.39, 0.29) is 76.1 Å². The lowest BCUT2D eigenvalue weighted by Gasteiger charge is -2.21. The van der Waals surface area contributed by atoms with Crippen LogP contribution in [0.5, 0.6) is 0 Å². The molecule has 0 aliphatic rings. The van der Waals surface area contributed by atoms with E-state index in [1.165, 1.54) is 138 Å². The Labute approximate surface area is 737 Å². The maximum absolute atomic E-state index is 2.33. The fraction of sp³-hybridized carbons (Fsp3) is 0.217. The summed E-state index contributed by atoms with van der Waals surface area (Å²) >= 11 is 0. The lowest BCUT2D eigenvalue weighted by atomic mass is 9.87. The fourth-order valence-electron chi connectivity index (χ4n) is 14.0. The first kappa shape index (κ1) is 90.8. The zero-order chi connectivity index (χ0) is 84.9. The van der Waals surface area contributed by atoms with Crippen LogP contribution in [0.15, 0.2) is 486 Å². The average Bonchev–Trinajstić information content (AvgIpc) is 0.808. The van der Waals surface area contributed by atoms with Gasteiger partial charge >= 0.3 is 0 Å². The van der Waals surface area contributed by atoms with Gasteiger partial charge in [-0.1, -0.05) is 347 Å². The molecule has 0 unspecified atom stereocenters. The summed E-state index contributed by atoms with van der Waals surface area (Å²) in [6.07, 6.45) is 7.14. The van der Waals surface area contributed by atoms with Crippen molar-refractivity contribution in [1.29, 1.82) is 0 Å². The summed E-state index contributed by atoms with van der Waals surface area (Å²) in [5, 5.41) is 0. The summed E-state index contributed by atoms with van der Waals surface area (Å²) in [6.45, 7) is 33.9. The highest BCUT2D eigenvalue weighted by molar-refractivity contribution is 7.98. The Morgan fingerprint density at radius 1 is 0.158 bits per heavy atom. The molecule has 120 heavy (non-hydrogen) atoms. The van der Waals surface area contributed by atoms with Crippen molar-refractivity contribution in [3.63, 3.8) is 0 Å². The van der Waals surface area contributed by atoms with Gasteiger partial charge in [-0.2, -0.15) is 0 Å². The van der Waals surface area contributed by atoms with Crippen LogP contribution in [0.25, 0.3) is 0 Å². The van der Waals surface area contributed by atoms with Gasteiger partial charge in [0, 0.05) is 0 Å². The molecule has 0 saturated carbocycles.